The molecule has 4 amide bonds. The number of carbonyl (C=O) groups excluding carboxylic acids is 4. The van der Waals surface area contributed by atoms with Crippen molar-refractivity contribution in [2.45, 2.75) is 90.4 Å². The van der Waals surface area contributed by atoms with Crippen LogP contribution >= 0.6 is 0 Å². The Morgan fingerprint density at radius 1 is 0.873 bits per heavy atom. The minimum atomic E-state index is -0.664. The SMILES string of the molecule is Cc1cc(C(=O)N2CCC(CN3CCN(Cc4ccc5c(c4)C(C)C(=O)N5[C@@H]4CCC(=O)NC4=O)C[C@@H]3C)CC2)cc(F)c1C1=CCN(Cc2cc3c(-n4ccc5c(c4=O)CCN5)ccnc3n2C)CC1. The maximum atomic E-state index is 16.1. The van der Waals surface area contributed by atoms with Gasteiger partial charge in [0.25, 0.3) is 11.5 Å². The Bertz CT molecular complexity index is 3060. The summed E-state index contributed by atoms with van der Waals surface area (Å²) in [5.41, 5.74) is 10.0. The number of benzene rings is 2. The predicted octanol–water partition coefficient (Wildman–Crippen LogP) is 5.74. The van der Waals surface area contributed by atoms with E-state index in [1.165, 1.54) is 6.07 Å². The number of fused-ring (bicyclic) bond motifs is 3. The molecular formula is C55H63FN10O5. The monoisotopic (exact) mass is 962 g/mol. The van der Waals surface area contributed by atoms with Gasteiger partial charge in [0.1, 0.15) is 17.5 Å². The van der Waals surface area contributed by atoms with Crippen LogP contribution in [-0.4, -0.2) is 128 Å². The first-order valence-corrected chi connectivity index (χ1v) is 25.5. The molecule has 9 heterocycles. The van der Waals surface area contributed by atoms with Gasteiger partial charge in [-0.05, 0) is 117 Å². The van der Waals surface area contributed by atoms with Gasteiger partial charge < -0.3 is 14.8 Å². The number of amides is 4. The van der Waals surface area contributed by atoms with Crippen molar-refractivity contribution >= 4 is 51.6 Å². The molecule has 0 saturated carbocycles. The van der Waals surface area contributed by atoms with Crippen LogP contribution in [0.15, 0.2) is 71.8 Å². The Hall–Kier alpha value is -6.49. The van der Waals surface area contributed by atoms with Crippen LogP contribution in [0.3, 0.4) is 0 Å². The number of imide groups is 1. The average molecular weight is 963 g/mol. The highest BCUT2D eigenvalue weighted by atomic mass is 19.1. The van der Waals surface area contributed by atoms with Crippen molar-refractivity contribution in [1.29, 1.82) is 0 Å². The van der Waals surface area contributed by atoms with Crippen LogP contribution in [0.1, 0.15) is 95.7 Å². The van der Waals surface area contributed by atoms with Gasteiger partial charge in [0.2, 0.25) is 17.7 Å². The van der Waals surface area contributed by atoms with Crippen molar-refractivity contribution in [3.8, 4) is 5.69 Å². The van der Waals surface area contributed by atoms with Gasteiger partial charge in [-0.3, -0.25) is 53.5 Å². The first-order valence-electron chi connectivity index (χ1n) is 25.5. The van der Waals surface area contributed by atoms with E-state index in [1.807, 2.05) is 56.3 Å². The Morgan fingerprint density at radius 2 is 1.70 bits per heavy atom. The molecule has 15 nitrogen and oxygen atoms in total. The van der Waals surface area contributed by atoms with E-state index < -0.39 is 11.9 Å². The molecule has 2 aromatic carbocycles. The van der Waals surface area contributed by atoms with Crippen molar-refractivity contribution in [2.24, 2.45) is 13.0 Å². The number of aromatic nitrogens is 3. The standard InChI is InChI=1S/C55H63FN10O5/c1-33-25-39(27-44(56)50(33)38-13-18-61(19-14-38)32-40-28-43-46(10-17-58-51(43)60(40)4)65-22-15-45-41(55(65)71)9-16-57-45)54(70)63-20-11-36(12-21-63)31-64-24-23-62(29-34(64)2)30-37-5-6-47-42(26-37)35(3)53(69)66(47)48-7-8-49(67)59-52(48)68/h5-6,10,13,15,17,22,25-28,34-36,48,57H,7-9,11-12,14,16,18-21,23-24,29-32H2,1-4H3,(H,59,67,68)/t34-,35?,48+/m0/s1. The second-order valence-electron chi connectivity index (χ2n) is 20.8. The summed E-state index contributed by atoms with van der Waals surface area (Å²) in [4.78, 5) is 80.6. The molecule has 6 aliphatic heterocycles. The lowest BCUT2D eigenvalue weighted by Gasteiger charge is -2.42. The molecule has 3 aromatic heterocycles. The van der Waals surface area contributed by atoms with Gasteiger partial charge in [-0.15, -0.1) is 0 Å². The normalized spacial score (nSPS) is 22.5. The summed E-state index contributed by atoms with van der Waals surface area (Å²) in [5, 5.41) is 6.61. The van der Waals surface area contributed by atoms with E-state index >= 15 is 4.39 Å². The van der Waals surface area contributed by atoms with Crippen molar-refractivity contribution < 1.29 is 23.6 Å². The molecule has 16 heteroatoms. The molecule has 5 aromatic rings. The van der Waals surface area contributed by atoms with Gasteiger partial charge in [0.15, 0.2) is 0 Å². The number of hydrogen-bond acceptors (Lipinski definition) is 10. The lowest BCUT2D eigenvalue weighted by atomic mass is 9.92. The van der Waals surface area contributed by atoms with Crippen LogP contribution in [0, 0.1) is 18.7 Å². The van der Waals surface area contributed by atoms with Crippen molar-refractivity contribution in [3.63, 3.8) is 0 Å². The van der Waals surface area contributed by atoms with E-state index in [9.17, 15) is 24.0 Å². The van der Waals surface area contributed by atoms with E-state index in [1.54, 1.807) is 15.7 Å². The highest BCUT2D eigenvalue weighted by Gasteiger charge is 2.43. The number of rotatable bonds is 10. The van der Waals surface area contributed by atoms with E-state index in [2.05, 4.69) is 66.1 Å². The zero-order chi connectivity index (χ0) is 49.2. The van der Waals surface area contributed by atoms with E-state index in [4.69, 9.17) is 0 Å². The third-order valence-electron chi connectivity index (χ3n) is 16.3. The fourth-order valence-electron chi connectivity index (χ4n) is 12.3. The second-order valence-corrected chi connectivity index (χ2v) is 20.8. The largest absolute Gasteiger partial charge is 0.384 e. The number of anilines is 2. The molecule has 0 aliphatic carbocycles. The molecule has 2 N–H and O–H groups in total. The quantitative estimate of drug-likeness (QED) is 0.166. The number of aryl methyl sites for hydroxylation is 2. The molecule has 0 radical (unpaired) electrons. The number of carbonyl (C=O) groups is 4. The number of hydrogen-bond donors (Lipinski definition) is 2. The highest BCUT2D eigenvalue weighted by molar-refractivity contribution is 6.12. The molecule has 1 unspecified atom stereocenters. The Morgan fingerprint density at radius 3 is 2.46 bits per heavy atom. The van der Waals surface area contributed by atoms with E-state index in [0.717, 1.165) is 120 Å². The fraction of sp³-hybridized carbons (Fsp3) is 0.455. The average Bonchev–Trinajstić information content (AvgIpc) is 4.04. The van der Waals surface area contributed by atoms with E-state index in [0.29, 0.717) is 68.5 Å². The Kier molecular flexibility index (Phi) is 12.5. The molecule has 370 valence electrons. The molecule has 11 rings (SSSR count). The van der Waals surface area contributed by atoms with Crippen LogP contribution in [-0.2, 0) is 40.9 Å². The van der Waals surface area contributed by atoms with Gasteiger partial charge in [-0.1, -0.05) is 18.2 Å². The number of halogens is 1. The lowest BCUT2D eigenvalue weighted by Crippen LogP contribution is -2.53. The molecule has 71 heavy (non-hydrogen) atoms. The predicted molar refractivity (Wildman–Crippen MR) is 271 cm³/mol. The van der Waals surface area contributed by atoms with Crippen LogP contribution in [0.2, 0.25) is 0 Å². The number of pyridine rings is 2. The summed E-state index contributed by atoms with van der Waals surface area (Å²) >= 11 is 0. The molecule has 0 spiro atoms. The first-order chi connectivity index (χ1) is 34.3. The second kappa shape index (κ2) is 18.9. The zero-order valence-electron chi connectivity index (χ0n) is 41.2. The molecule has 0 bridgehead atoms. The third kappa shape index (κ3) is 8.77. The maximum Gasteiger partial charge on any atom is 0.260 e. The minimum absolute atomic E-state index is 0.000471. The lowest BCUT2D eigenvalue weighted by molar-refractivity contribution is -0.135. The summed E-state index contributed by atoms with van der Waals surface area (Å²) < 4.78 is 19.9. The van der Waals surface area contributed by atoms with Crippen LogP contribution < -0.4 is 21.1 Å². The van der Waals surface area contributed by atoms with Crippen LogP contribution in [0.25, 0.3) is 22.3 Å². The van der Waals surface area contributed by atoms with Gasteiger partial charge in [0.05, 0.1) is 11.6 Å². The van der Waals surface area contributed by atoms with Crippen molar-refractivity contribution in [3.05, 3.63) is 122 Å². The summed E-state index contributed by atoms with van der Waals surface area (Å²) in [5.74, 6) is -1.13. The molecule has 6 aliphatic rings. The summed E-state index contributed by atoms with van der Waals surface area (Å²) in [6.07, 6.45) is 9.49. The maximum absolute atomic E-state index is 16.1. The number of likely N-dealkylation sites (tertiary alicyclic amines) is 1. The summed E-state index contributed by atoms with van der Waals surface area (Å²) in [6.45, 7) is 14.8. The summed E-state index contributed by atoms with van der Waals surface area (Å²) in [7, 11) is 2.01. The Balaban J connectivity index is 0.663. The van der Waals surface area contributed by atoms with Gasteiger partial charge in [-0.25, -0.2) is 9.37 Å². The topological polar surface area (TPSA) is 148 Å². The number of piperazine rings is 1. The van der Waals surface area contributed by atoms with Crippen LogP contribution in [0.4, 0.5) is 15.8 Å². The summed E-state index contributed by atoms with van der Waals surface area (Å²) in [6, 6.07) is 15.1. The van der Waals surface area contributed by atoms with Gasteiger partial charge in [0, 0.05) is 143 Å². The zero-order valence-corrected chi connectivity index (χ0v) is 41.2. The van der Waals surface area contributed by atoms with Crippen molar-refractivity contribution in [2.75, 3.05) is 69.1 Å². The highest BCUT2D eigenvalue weighted by Crippen LogP contribution is 2.41. The fourth-order valence-corrected chi connectivity index (χ4v) is 12.3. The number of nitrogens with zero attached hydrogens (tertiary/aromatic N) is 8. The molecule has 3 fully saturated rings. The number of piperidine rings is 2. The smallest absolute Gasteiger partial charge is 0.260 e. The third-order valence-corrected chi connectivity index (χ3v) is 16.3. The minimum Gasteiger partial charge on any atom is -0.384 e. The van der Waals surface area contributed by atoms with E-state index in [-0.39, 0.29) is 41.4 Å². The van der Waals surface area contributed by atoms with Gasteiger partial charge in [-0.2, -0.15) is 0 Å². The van der Waals surface area contributed by atoms with Crippen molar-refractivity contribution in [1.82, 2.24) is 39.0 Å². The Labute approximate surface area is 413 Å². The first kappa shape index (κ1) is 46.9. The molecule has 3 saturated heterocycles. The molecule has 3 atom stereocenters. The van der Waals surface area contributed by atoms with Crippen LogP contribution in [0.5, 0.6) is 0 Å². The molecular weight excluding hydrogens is 900 g/mol. The van der Waals surface area contributed by atoms with Gasteiger partial charge >= 0.3 is 0 Å². The number of nitrogens with one attached hydrogen (secondary N) is 2.